The molecule has 5 heteroatoms. The molecule has 0 bridgehead atoms. The highest BCUT2D eigenvalue weighted by Gasteiger charge is 2.46. The number of amides is 2. The summed E-state index contributed by atoms with van der Waals surface area (Å²) in [5, 5.41) is 5.91. The number of rotatable bonds is 2. The summed E-state index contributed by atoms with van der Waals surface area (Å²) in [7, 11) is 1.61. The number of likely N-dealkylation sites (tertiary alicyclic amines) is 1. The topological polar surface area (TPSA) is 61.4 Å². The number of hydrogen-bond donors (Lipinski definition) is 2. The number of hydrogen-bond acceptors (Lipinski definition) is 3. The third-order valence-corrected chi connectivity index (χ3v) is 3.71. The van der Waals surface area contributed by atoms with Crippen LogP contribution in [0.15, 0.2) is 0 Å². The standard InChI is InChI=1S/C11H19N3O2/c1-12-9(15)7-14-10(16)3-5-11(14)4-2-6-13-8-11/h13H,2-8H2,1H3,(H,12,15)/t11-/m1/s1. The lowest BCUT2D eigenvalue weighted by Gasteiger charge is -2.41. The first kappa shape index (κ1) is 11.4. The van der Waals surface area contributed by atoms with E-state index >= 15 is 0 Å². The second kappa shape index (κ2) is 4.41. The van der Waals surface area contributed by atoms with Crippen LogP contribution < -0.4 is 10.6 Å². The first-order chi connectivity index (χ1) is 7.68. The zero-order chi connectivity index (χ0) is 11.6. The molecular formula is C11H19N3O2. The molecule has 2 rings (SSSR count). The molecule has 5 nitrogen and oxygen atoms in total. The molecule has 2 aliphatic heterocycles. The molecule has 0 saturated carbocycles. The highest BCUT2D eigenvalue weighted by Crippen LogP contribution is 2.35. The number of likely N-dealkylation sites (N-methyl/N-ethyl adjacent to an activating group) is 1. The van der Waals surface area contributed by atoms with Gasteiger partial charge in [-0.2, -0.15) is 0 Å². The van der Waals surface area contributed by atoms with Gasteiger partial charge in [0.25, 0.3) is 0 Å². The fourth-order valence-corrected chi connectivity index (χ4v) is 2.75. The first-order valence-electron chi connectivity index (χ1n) is 5.90. The molecule has 0 aromatic heterocycles. The largest absolute Gasteiger partial charge is 0.358 e. The molecule has 0 unspecified atom stereocenters. The summed E-state index contributed by atoms with van der Waals surface area (Å²) in [6.45, 7) is 2.05. The Kier molecular flexibility index (Phi) is 3.14. The van der Waals surface area contributed by atoms with E-state index in [9.17, 15) is 9.59 Å². The van der Waals surface area contributed by atoms with E-state index in [-0.39, 0.29) is 23.9 Å². The Hall–Kier alpha value is -1.10. The molecule has 0 aromatic rings. The minimum atomic E-state index is -0.0954. The summed E-state index contributed by atoms with van der Waals surface area (Å²) in [5.74, 6) is 0.0347. The van der Waals surface area contributed by atoms with Crippen molar-refractivity contribution in [1.29, 1.82) is 0 Å². The van der Waals surface area contributed by atoms with Crippen LogP contribution >= 0.6 is 0 Å². The van der Waals surface area contributed by atoms with Crippen molar-refractivity contribution in [2.45, 2.75) is 31.2 Å². The molecular weight excluding hydrogens is 206 g/mol. The molecule has 2 N–H and O–H groups in total. The van der Waals surface area contributed by atoms with Gasteiger partial charge < -0.3 is 15.5 Å². The van der Waals surface area contributed by atoms with Gasteiger partial charge in [0.2, 0.25) is 11.8 Å². The van der Waals surface area contributed by atoms with E-state index in [1.165, 1.54) is 0 Å². The van der Waals surface area contributed by atoms with Crippen LogP contribution in [0.25, 0.3) is 0 Å². The van der Waals surface area contributed by atoms with Gasteiger partial charge in [0.05, 0.1) is 5.54 Å². The van der Waals surface area contributed by atoms with Crippen molar-refractivity contribution in [3.63, 3.8) is 0 Å². The number of nitrogens with zero attached hydrogens (tertiary/aromatic N) is 1. The Morgan fingerprint density at radius 1 is 1.56 bits per heavy atom. The molecule has 2 saturated heterocycles. The van der Waals surface area contributed by atoms with Crippen LogP contribution in [0.2, 0.25) is 0 Å². The summed E-state index contributed by atoms with van der Waals surface area (Å²) in [6, 6.07) is 0. The van der Waals surface area contributed by atoms with E-state index in [0.29, 0.717) is 6.42 Å². The maximum Gasteiger partial charge on any atom is 0.239 e. The third-order valence-electron chi connectivity index (χ3n) is 3.71. The lowest BCUT2D eigenvalue weighted by Crippen LogP contribution is -2.57. The quantitative estimate of drug-likeness (QED) is 0.664. The van der Waals surface area contributed by atoms with Crippen molar-refractivity contribution < 1.29 is 9.59 Å². The van der Waals surface area contributed by atoms with Crippen molar-refractivity contribution in [3.05, 3.63) is 0 Å². The summed E-state index contributed by atoms with van der Waals surface area (Å²) in [4.78, 5) is 25.0. The molecule has 2 heterocycles. The van der Waals surface area contributed by atoms with E-state index < -0.39 is 0 Å². The monoisotopic (exact) mass is 225 g/mol. The molecule has 16 heavy (non-hydrogen) atoms. The molecule has 0 aliphatic carbocycles. The zero-order valence-electron chi connectivity index (χ0n) is 9.71. The van der Waals surface area contributed by atoms with E-state index in [2.05, 4.69) is 10.6 Å². The normalized spacial score (nSPS) is 29.8. The first-order valence-corrected chi connectivity index (χ1v) is 5.90. The van der Waals surface area contributed by atoms with Crippen LogP contribution in [0.1, 0.15) is 25.7 Å². The van der Waals surface area contributed by atoms with Gasteiger partial charge in [-0.25, -0.2) is 0 Å². The summed E-state index contributed by atoms with van der Waals surface area (Å²) in [5.41, 5.74) is -0.0954. The van der Waals surface area contributed by atoms with Crippen LogP contribution in [0.3, 0.4) is 0 Å². The molecule has 0 aromatic carbocycles. The number of carbonyl (C=O) groups is 2. The SMILES string of the molecule is CNC(=O)CN1C(=O)CC[C@@]12CCCNC2. The van der Waals surface area contributed by atoms with Gasteiger partial charge in [0, 0.05) is 20.0 Å². The molecule has 0 radical (unpaired) electrons. The van der Waals surface area contributed by atoms with Crippen LogP contribution in [0.5, 0.6) is 0 Å². The Morgan fingerprint density at radius 2 is 2.38 bits per heavy atom. The Morgan fingerprint density at radius 3 is 3.00 bits per heavy atom. The fourth-order valence-electron chi connectivity index (χ4n) is 2.75. The maximum absolute atomic E-state index is 11.8. The number of carbonyl (C=O) groups excluding carboxylic acids is 2. The lowest BCUT2D eigenvalue weighted by molar-refractivity contribution is -0.137. The van der Waals surface area contributed by atoms with Crippen LogP contribution in [0.4, 0.5) is 0 Å². The highest BCUT2D eigenvalue weighted by atomic mass is 16.2. The molecule has 90 valence electrons. The smallest absolute Gasteiger partial charge is 0.239 e. The maximum atomic E-state index is 11.8. The number of nitrogens with one attached hydrogen (secondary N) is 2. The second-order valence-corrected chi connectivity index (χ2v) is 4.66. The van der Waals surface area contributed by atoms with Crippen molar-refractivity contribution in [2.75, 3.05) is 26.7 Å². The van der Waals surface area contributed by atoms with E-state index in [4.69, 9.17) is 0 Å². The van der Waals surface area contributed by atoms with E-state index in [1.807, 2.05) is 0 Å². The predicted molar refractivity (Wildman–Crippen MR) is 59.8 cm³/mol. The number of piperidine rings is 1. The van der Waals surface area contributed by atoms with Gasteiger partial charge in [-0.3, -0.25) is 9.59 Å². The Bertz CT molecular complexity index is 298. The van der Waals surface area contributed by atoms with Crippen LogP contribution in [-0.4, -0.2) is 48.9 Å². The van der Waals surface area contributed by atoms with E-state index in [1.54, 1.807) is 11.9 Å². The average molecular weight is 225 g/mol. The zero-order valence-corrected chi connectivity index (χ0v) is 9.71. The minimum Gasteiger partial charge on any atom is -0.358 e. The van der Waals surface area contributed by atoms with Crippen LogP contribution in [0, 0.1) is 0 Å². The molecule has 2 amide bonds. The van der Waals surface area contributed by atoms with Crippen molar-refractivity contribution in [2.24, 2.45) is 0 Å². The predicted octanol–water partition coefficient (Wildman–Crippen LogP) is -0.523. The van der Waals surface area contributed by atoms with Gasteiger partial charge in [-0.1, -0.05) is 0 Å². The van der Waals surface area contributed by atoms with Crippen LogP contribution in [-0.2, 0) is 9.59 Å². The molecule has 2 fully saturated rings. The van der Waals surface area contributed by atoms with Crippen molar-refractivity contribution >= 4 is 11.8 Å². The Balaban J connectivity index is 2.11. The molecule has 1 spiro atoms. The van der Waals surface area contributed by atoms with Gasteiger partial charge in [-0.05, 0) is 25.8 Å². The summed E-state index contributed by atoms with van der Waals surface area (Å²) < 4.78 is 0. The van der Waals surface area contributed by atoms with Gasteiger partial charge in [-0.15, -0.1) is 0 Å². The molecule has 2 aliphatic rings. The molecule has 1 atom stereocenters. The summed E-state index contributed by atoms with van der Waals surface area (Å²) in [6.07, 6.45) is 3.56. The van der Waals surface area contributed by atoms with Crippen molar-refractivity contribution in [1.82, 2.24) is 15.5 Å². The lowest BCUT2D eigenvalue weighted by atomic mass is 9.87. The highest BCUT2D eigenvalue weighted by molar-refractivity contribution is 5.86. The summed E-state index contributed by atoms with van der Waals surface area (Å²) >= 11 is 0. The fraction of sp³-hybridized carbons (Fsp3) is 0.818. The van der Waals surface area contributed by atoms with Crippen molar-refractivity contribution in [3.8, 4) is 0 Å². The second-order valence-electron chi connectivity index (χ2n) is 4.66. The van der Waals surface area contributed by atoms with Gasteiger partial charge in [0.1, 0.15) is 6.54 Å². The Labute approximate surface area is 95.6 Å². The van der Waals surface area contributed by atoms with Gasteiger partial charge >= 0.3 is 0 Å². The average Bonchev–Trinajstić information content (AvgIpc) is 2.59. The minimum absolute atomic E-state index is 0.0831. The van der Waals surface area contributed by atoms with Gasteiger partial charge in [0.15, 0.2) is 0 Å². The third kappa shape index (κ3) is 1.91. The van der Waals surface area contributed by atoms with E-state index in [0.717, 1.165) is 32.4 Å².